The van der Waals surface area contributed by atoms with E-state index in [-0.39, 0.29) is 0 Å². The number of nitrogens with one attached hydrogen (secondary N) is 1. The van der Waals surface area contributed by atoms with Crippen LogP contribution < -0.4 is 5.32 Å². The van der Waals surface area contributed by atoms with Crippen LogP contribution in [0.4, 0.5) is 0 Å². The highest BCUT2D eigenvalue weighted by atomic mass is 14.9. The number of hydrogen-bond acceptors (Lipinski definition) is 1. The van der Waals surface area contributed by atoms with Crippen molar-refractivity contribution >= 4 is 0 Å². The maximum absolute atomic E-state index is 3.55. The van der Waals surface area contributed by atoms with E-state index in [4.69, 9.17) is 0 Å². The van der Waals surface area contributed by atoms with Gasteiger partial charge in [-0.15, -0.1) is 0 Å². The molecule has 0 radical (unpaired) electrons. The molecule has 1 aliphatic rings. The predicted octanol–water partition coefficient (Wildman–Crippen LogP) is 4.00. The summed E-state index contributed by atoms with van der Waals surface area (Å²) in [5.41, 5.74) is 4.30. The van der Waals surface area contributed by atoms with Crippen molar-refractivity contribution in [3.05, 3.63) is 34.9 Å². The summed E-state index contributed by atoms with van der Waals surface area (Å²) in [4.78, 5) is 0. The van der Waals surface area contributed by atoms with Crippen molar-refractivity contribution in [2.24, 2.45) is 11.8 Å². The summed E-state index contributed by atoms with van der Waals surface area (Å²) in [6.07, 6.45) is 4.15. The zero-order valence-electron chi connectivity index (χ0n) is 11.6. The summed E-state index contributed by atoms with van der Waals surface area (Å²) >= 11 is 0. The molecular formula is C16H25N. The van der Waals surface area contributed by atoms with Crippen LogP contribution in [-0.4, -0.2) is 7.05 Å². The number of aryl methyl sites for hydroxylation is 2. The van der Waals surface area contributed by atoms with Crippen LogP contribution in [-0.2, 0) is 0 Å². The highest BCUT2D eigenvalue weighted by molar-refractivity contribution is 5.33. The van der Waals surface area contributed by atoms with Gasteiger partial charge in [0, 0.05) is 6.04 Å². The Morgan fingerprint density at radius 1 is 1.24 bits per heavy atom. The van der Waals surface area contributed by atoms with E-state index >= 15 is 0 Å². The second kappa shape index (κ2) is 5.22. The lowest BCUT2D eigenvalue weighted by Crippen LogP contribution is -2.24. The zero-order chi connectivity index (χ0) is 12.4. The summed E-state index contributed by atoms with van der Waals surface area (Å²) in [7, 11) is 2.11. The highest BCUT2D eigenvalue weighted by Gasteiger charge is 2.29. The van der Waals surface area contributed by atoms with Crippen LogP contribution in [0, 0.1) is 25.7 Å². The molecule has 3 unspecified atom stereocenters. The molecule has 1 aromatic carbocycles. The Morgan fingerprint density at radius 3 is 2.59 bits per heavy atom. The molecule has 1 saturated carbocycles. The first-order valence-corrected chi connectivity index (χ1v) is 6.86. The van der Waals surface area contributed by atoms with Crippen LogP contribution in [0.15, 0.2) is 18.2 Å². The van der Waals surface area contributed by atoms with Crippen molar-refractivity contribution in [2.75, 3.05) is 7.05 Å². The molecule has 1 N–H and O–H groups in total. The van der Waals surface area contributed by atoms with Gasteiger partial charge in [-0.05, 0) is 56.7 Å². The lowest BCUT2D eigenvalue weighted by molar-refractivity contribution is 0.378. The lowest BCUT2D eigenvalue weighted by atomic mass is 9.88. The van der Waals surface area contributed by atoms with Crippen molar-refractivity contribution < 1.29 is 0 Å². The second-order valence-electron chi connectivity index (χ2n) is 5.80. The van der Waals surface area contributed by atoms with Crippen LogP contribution in [0.5, 0.6) is 0 Å². The van der Waals surface area contributed by atoms with E-state index in [0.717, 1.165) is 11.8 Å². The first-order chi connectivity index (χ1) is 8.11. The Labute approximate surface area is 106 Å². The minimum absolute atomic E-state index is 0.542. The Morgan fingerprint density at radius 2 is 2.00 bits per heavy atom. The summed E-state index contributed by atoms with van der Waals surface area (Å²) in [5.74, 6) is 1.72. The topological polar surface area (TPSA) is 12.0 Å². The number of benzene rings is 1. The van der Waals surface area contributed by atoms with Gasteiger partial charge in [0.05, 0.1) is 0 Å². The summed E-state index contributed by atoms with van der Waals surface area (Å²) in [6, 6.07) is 7.37. The third kappa shape index (κ3) is 2.71. The Bertz CT molecular complexity index is 383. The van der Waals surface area contributed by atoms with E-state index < -0.39 is 0 Å². The zero-order valence-corrected chi connectivity index (χ0v) is 11.6. The SMILES string of the molecule is CNC(c1cc(C)ccc1C)C1CCC(C)C1. The summed E-state index contributed by atoms with van der Waals surface area (Å²) < 4.78 is 0. The summed E-state index contributed by atoms with van der Waals surface area (Å²) in [5, 5.41) is 3.55. The maximum Gasteiger partial charge on any atom is 0.0348 e. The molecule has 1 aliphatic carbocycles. The predicted molar refractivity (Wildman–Crippen MR) is 74.2 cm³/mol. The van der Waals surface area contributed by atoms with Crippen LogP contribution in [0.3, 0.4) is 0 Å². The van der Waals surface area contributed by atoms with Crippen LogP contribution >= 0.6 is 0 Å². The summed E-state index contributed by atoms with van der Waals surface area (Å²) in [6.45, 7) is 6.81. The molecule has 17 heavy (non-hydrogen) atoms. The van der Waals surface area contributed by atoms with E-state index in [2.05, 4.69) is 51.3 Å². The van der Waals surface area contributed by atoms with Crippen LogP contribution in [0.25, 0.3) is 0 Å². The molecule has 3 atom stereocenters. The fourth-order valence-corrected chi connectivity index (χ4v) is 3.29. The molecule has 1 aromatic rings. The molecule has 0 bridgehead atoms. The van der Waals surface area contributed by atoms with Gasteiger partial charge in [0.15, 0.2) is 0 Å². The molecule has 0 heterocycles. The molecule has 0 saturated heterocycles. The first-order valence-electron chi connectivity index (χ1n) is 6.86. The van der Waals surface area contributed by atoms with Gasteiger partial charge in [0.25, 0.3) is 0 Å². The van der Waals surface area contributed by atoms with Gasteiger partial charge >= 0.3 is 0 Å². The van der Waals surface area contributed by atoms with Gasteiger partial charge in [-0.25, -0.2) is 0 Å². The molecule has 2 rings (SSSR count). The van der Waals surface area contributed by atoms with Crippen molar-refractivity contribution in [1.82, 2.24) is 5.32 Å². The molecule has 94 valence electrons. The minimum atomic E-state index is 0.542. The number of hydrogen-bond donors (Lipinski definition) is 1. The standard InChI is InChI=1S/C16H25N/c1-11-6-8-14(9-11)16(17-4)15-10-12(2)5-7-13(15)3/h5,7,10-11,14,16-17H,6,8-9H2,1-4H3. The largest absolute Gasteiger partial charge is 0.313 e. The van der Waals surface area contributed by atoms with Gasteiger partial charge in [-0.3, -0.25) is 0 Å². The van der Waals surface area contributed by atoms with Gasteiger partial charge < -0.3 is 5.32 Å². The van der Waals surface area contributed by atoms with Crippen LogP contribution in [0.2, 0.25) is 0 Å². The maximum atomic E-state index is 3.55. The quantitative estimate of drug-likeness (QED) is 0.829. The van der Waals surface area contributed by atoms with E-state index in [0.29, 0.717) is 6.04 Å². The average Bonchev–Trinajstić information content (AvgIpc) is 2.71. The highest BCUT2D eigenvalue weighted by Crippen LogP contribution is 2.39. The Balaban J connectivity index is 2.25. The van der Waals surface area contributed by atoms with Crippen molar-refractivity contribution in [3.63, 3.8) is 0 Å². The third-order valence-corrected chi connectivity index (χ3v) is 4.29. The Hall–Kier alpha value is -0.820. The van der Waals surface area contributed by atoms with Crippen molar-refractivity contribution in [1.29, 1.82) is 0 Å². The molecule has 0 aliphatic heterocycles. The average molecular weight is 231 g/mol. The van der Waals surface area contributed by atoms with E-state index in [9.17, 15) is 0 Å². The monoisotopic (exact) mass is 231 g/mol. The van der Waals surface area contributed by atoms with E-state index in [1.54, 1.807) is 0 Å². The van der Waals surface area contributed by atoms with Gasteiger partial charge in [0.2, 0.25) is 0 Å². The fraction of sp³-hybridized carbons (Fsp3) is 0.625. The normalized spacial score (nSPS) is 26.1. The third-order valence-electron chi connectivity index (χ3n) is 4.29. The van der Waals surface area contributed by atoms with Crippen molar-refractivity contribution in [3.8, 4) is 0 Å². The van der Waals surface area contributed by atoms with Gasteiger partial charge in [-0.1, -0.05) is 37.1 Å². The molecule has 0 amide bonds. The molecule has 1 heteroatoms. The van der Waals surface area contributed by atoms with Crippen LogP contribution in [0.1, 0.15) is 48.9 Å². The van der Waals surface area contributed by atoms with E-state index in [1.165, 1.54) is 36.0 Å². The molecule has 0 aromatic heterocycles. The fourth-order valence-electron chi connectivity index (χ4n) is 3.29. The second-order valence-corrected chi connectivity index (χ2v) is 5.80. The minimum Gasteiger partial charge on any atom is -0.313 e. The first kappa shape index (κ1) is 12.6. The Kier molecular flexibility index (Phi) is 3.88. The van der Waals surface area contributed by atoms with E-state index in [1.807, 2.05) is 0 Å². The smallest absolute Gasteiger partial charge is 0.0348 e. The van der Waals surface area contributed by atoms with Gasteiger partial charge in [-0.2, -0.15) is 0 Å². The molecule has 1 fully saturated rings. The lowest BCUT2D eigenvalue weighted by Gasteiger charge is -2.25. The van der Waals surface area contributed by atoms with Gasteiger partial charge in [0.1, 0.15) is 0 Å². The number of rotatable bonds is 3. The van der Waals surface area contributed by atoms with Crippen molar-refractivity contribution in [2.45, 2.75) is 46.1 Å². The molecule has 0 spiro atoms. The molecule has 1 nitrogen and oxygen atoms in total. The molecular weight excluding hydrogens is 206 g/mol.